The molecule has 82 valence electrons. The van der Waals surface area contributed by atoms with Gasteiger partial charge < -0.3 is 10.6 Å². The summed E-state index contributed by atoms with van der Waals surface area (Å²) in [6, 6.07) is 0. The summed E-state index contributed by atoms with van der Waals surface area (Å²) in [6.45, 7) is 6.99. The molecule has 0 saturated carbocycles. The standard InChI is InChI=1S/C10H20N2O2/c1-4-9(13)11-6-5-10(14)12-7-8(2)3/h8H,4-7H2,1-3H3,(H,11,13)(H,12,14). The molecule has 0 rings (SSSR count). The molecule has 4 heteroatoms. The van der Waals surface area contributed by atoms with E-state index in [1.807, 2.05) is 13.8 Å². The van der Waals surface area contributed by atoms with Crippen molar-refractivity contribution in [1.82, 2.24) is 10.6 Å². The number of rotatable bonds is 6. The van der Waals surface area contributed by atoms with Crippen LogP contribution in [0.4, 0.5) is 0 Å². The van der Waals surface area contributed by atoms with E-state index in [2.05, 4.69) is 10.6 Å². The highest BCUT2D eigenvalue weighted by Gasteiger charge is 2.02. The van der Waals surface area contributed by atoms with Crippen molar-refractivity contribution in [2.45, 2.75) is 33.6 Å². The fraction of sp³-hybridized carbons (Fsp3) is 0.800. The van der Waals surface area contributed by atoms with E-state index in [1.54, 1.807) is 6.92 Å². The van der Waals surface area contributed by atoms with E-state index in [-0.39, 0.29) is 11.8 Å². The van der Waals surface area contributed by atoms with E-state index in [4.69, 9.17) is 0 Å². The van der Waals surface area contributed by atoms with Gasteiger partial charge in [0.05, 0.1) is 0 Å². The Balaban J connectivity index is 3.40. The molecule has 0 aromatic heterocycles. The van der Waals surface area contributed by atoms with Gasteiger partial charge in [0, 0.05) is 25.9 Å². The fourth-order valence-corrected chi connectivity index (χ4v) is 0.847. The van der Waals surface area contributed by atoms with Crippen LogP contribution in [0.1, 0.15) is 33.6 Å². The molecule has 0 heterocycles. The summed E-state index contributed by atoms with van der Waals surface area (Å²) in [5.41, 5.74) is 0. The smallest absolute Gasteiger partial charge is 0.221 e. The molecule has 2 N–H and O–H groups in total. The number of carbonyl (C=O) groups excluding carboxylic acids is 2. The topological polar surface area (TPSA) is 58.2 Å². The molecule has 0 bridgehead atoms. The average Bonchev–Trinajstić information content (AvgIpc) is 2.14. The van der Waals surface area contributed by atoms with Crippen LogP contribution in [-0.2, 0) is 9.59 Å². The lowest BCUT2D eigenvalue weighted by molar-refractivity contribution is -0.122. The van der Waals surface area contributed by atoms with Crippen molar-refractivity contribution in [2.24, 2.45) is 5.92 Å². The van der Waals surface area contributed by atoms with Gasteiger partial charge in [-0.05, 0) is 5.92 Å². The third-order valence-corrected chi connectivity index (χ3v) is 1.70. The summed E-state index contributed by atoms with van der Waals surface area (Å²) in [7, 11) is 0. The monoisotopic (exact) mass is 200 g/mol. The Labute approximate surface area is 85.4 Å². The number of amides is 2. The number of nitrogens with one attached hydrogen (secondary N) is 2. The lowest BCUT2D eigenvalue weighted by Crippen LogP contribution is -2.32. The predicted octanol–water partition coefficient (Wildman–Crippen LogP) is 0.675. The molecule has 0 aromatic carbocycles. The van der Waals surface area contributed by atoms with Gasteiger partial charge in [0.15, 0.2) is 0 Å². The zero-order valence-electron chi connectivity index (χ0n) is 9.22. The van der Waals surface area contributed by atoms with E-state index < -0.39 is 0 Å². The highest BCUT2D eigenvalue weighted by Crippen LogP contribution is 1.88. The Hall–Kier alpha value is -1.06. The fourth-order valence-electron chi connectivity index (χ4n) is 0.847. The Morgan fingerprint density at radius 1 is 1.14 bits per heavy atom. The first-order chi connectivity index (χ1) is 6.56. The molecule has 0 aromatic rings. The second kappa shape index (κ2) is 7.35. The van der Waals surface area contributed by atoms with E-state index in [1.165, 1.54) is 0 Å². The predicted molar refractivity (Wildman–Crippen MR) is 55.8 cm³/mol. The SMILES string of the molecule is CCC(=O)NCCC(=O)NCC(C)C. The van der Waals surface area contributed by atoms with Crippen molar-refractivity contribution in [1.29, 1.82) is 0 Å². The molecule has 0 unspecified atom stereocenters. The lowest BCUT2D eigenvalue weighted by Gasteiger charge is -2.07. The maximum Gasteiger partial charge on any atom is 0.221 e. The van der Waals surface area contributed by atoms with Crippen LogP contribution >= 0.6 is 0 Å². The van der Waals surface area contributed by atoms with Gasteiger partial charge in [-0.1, -0.05) is 20.8 Å². The molecule has 0 radical (unpaired) electrons. The van der Waals surface area contributed by atoms with E-state index >= 15 is 0 Å². The molecule has 0 aliphatic carbocycles. The minimum absolute atomic E-state index is 0.00453. The lowest BCUT2D eigenvalue weighted by atomic mass is 10.2. The maximum atomic E-state index is 11.2. The van der Waals surface area contributed by atoms with E-state index in [0.29, 0.717) is 31.8 Å². The molecule has 2 amide bonds. The van der Waals surface area contributed by atoms with Gasteiger partial charge in [0.25, 0.3) is 0 Å². The zero-order valence-corrected chi connectivity index (χ0v) is 9.22. The van der Waals surface area contributed by atoms with Crippen LogP contribution in [0.5, 0.6) is 0 Å². The number of hydrogen-bond acceptors (Lipinski definition) is 2. The average molecular weight is 200 g/mol. The first-order valence-electron chi connectivity index (χ1n) is 5.09. The normalized spacial score (nSPS) is 10.0. The molecule has 0 aliphatic heterocycles. The Kier molecular flexibility index (Phi) is 6.80. The van der Waals surface area contributed by atoms with E-state index in [9.17, 15) is 9.59 Å². The third kappa shape index (κ3) is 7.58. The summed E-state index contributed by atoms with van der Waals surface area (Å²) in [5.74, 6) is 0.445. The van der Waals surface area contributed by atoms with Crippen molar-refractivity contribution < 1.29 is 9.59 Å². The minimum atomic E-state index is -0.0124. The van der Waals surface area contributed by atoms with Crippen LogP contribution in [0.25, 0.3) is 0 Å². The summed E-state index contributed by atoms with van der Waals surface area (Å²) in [4.78, 5) is 22.0. The van der Waals surface area contributed by atoms with Crippen LogP contribution in [0.15, 0.2) is 0 Å². The van der Waals surface area contributed by atoms with E-state index in [0.717, 1.165) is 0 Å². The minimum Gasteiger partial charge on any atom is -0.356 e. The first kappa shape index (κ1) is 12.9. The zero-order chi connectivity index (χ0) is 11.0. The molecule has 14 heavy (non-hydrogen) atoms. The van der Waals surface area contributed by atoms with Crippen LogP contribution in [0.3, 0.4) is 0 Å². The largest absolute Gasteiger partial charge is 0.356 e. The maximum absolute atomic E-state index is 11.2. The van der Waals surface area contributed by atoms with Crippen molar-refractivity contribution in [2.75, 3.05) is 13.1 Å². The Morgan fingerprint density at radius 3 is 2.29 bits per heavy atom. The van der Waals surface area contributed by atoms with Gasteiger partial charge in [-0.3, -0.25) is 9.59 Å². The van der Waals surface area contributed by atoms with Crippen molar-refractivity contribution >= 4 is 11.8 Å². The Bertz CT molecular complexity index is 191. The number of hydrogen-bond donors (Lipinski definition) is 2. The van der Waals surface area contributed by atoms with Gasteiger partial charge in [-0.15, -0.1) is 0 Å². The first-order valence-corrected chi connectivity index (χ1v) is 5.09. The Morgan fingerprint density at radius 2 is 1.79 bits per heavy atom. The van der Waals surface area contributed by atoms with Crippen LogP contribution < -0.4 is 10.6 Å². The molecule has 0 saturated heterocycles. The molecule has 0 fully saturated rings. The van der Waals surface area contributed by atoms with Gasteiger partial charge >= 0.3 is 0 Å². The molecule has 0 aliphatic rings. The highest BCUT2D eigenvalue weighted by atomic mass is 16.2. The summed E-state index contributed by atoms with van der Waals surface area (Å²) < 4.78 is 0. The van der Waals surface area contributed by atoms with Crippen LogP contribution in [0, 0.1) is 5.92 Å². The molecular weight excluding hydrogens is 180 g/mol. The van der Waals surface area contributed by atoms with Gasteiger partial charge in [-0.2, -0.15) is 0 Å². The number of carbonyl (C=O) groups is 2. The quantitative estimate of drug-likeness (QED) is 0.662. The second-order valence-corrected chi connectivity index (χ2v) is 3.65. The highest BCUT2D eigenvalue weighted by molar-refractivity contribution is 5.78. The summed E-state index contributed by atoms with van der Waals surface area (Å²) >= 11 is 0. The third-order valence-electron chi connectivity index (χ3n) is 1.70. The van der Waals surface area contributed by atoms with Gasteiger partial charge in [-0.25, -0.2) is 0 Å². The van der Waals surface area contributed by atoms with Gasteiger partial charge in [0.2, 0.25) is 11.8 Å². The van der Waals surface area contributed by atoms with Gasteiger partial charge in [0.1, 0.15) is 0 Å². The van der Waals surface area contributed by atoms with Crippen LogP contribution in [-0.4, -0.2) is 24.9 Å². The molecule has 0 atom stereocenters. The van der Waals surface area contributed by atoms with Crippen molar-refractivity contribution in [3.05, 3.63) is 0 Å². The molecule has 4 nitrogen and oxygen atoms in total. The van der Waals surface area contributed by atoms with Crippen molar-refractivity contribution in [3.63, 3.8) is 0 Å². The molecule has 0 spiro atoms. The summed E-state index contributed by atoms with van der Waals surface area (Å²) in [6.07, 6.45) is 0.825. The molecular formula is C10H20N2O2. The summed E-state index contributed by atoms with van der Waals surface area (Å²) in [5, 5.41) is 5.43. The van der Waals surface area contributed by atoms with Crippen LogP contribution in [0.2, 0.25) is 0 Å². The second-order valence-electron chi connectivity index (χ2n) is 3.65. The van der Waals surface area contributed by atoms with Crippen molar-refractivity contribution in [3.8, 4) is 0 Å².